The summed E-state index contributed by atoms with van der Waals surface area (Å²) in [6.45, 7) is -0.000261. The molecule has 7 nitrogen and oxygen atoms in total. The Balaban J connectivity index is 1.73. The predicted octanol–water partition coefficient (Wildman–Crippen LogP) is 4.28. The third kappa shape index (κ3) is 4.03. The number of hydrogen-bond donors (Lipinski definition) is 2. The molecular formula is C23H19FN4O3. The Morgan fingerprint density at radius 3 is 2.81 bits per heavy atom. The van der Waals surface area contributed by atoms with E-state index in [1.165, 1.54) is 18.3 Å². The summed E-state index contributed by atoms with van der Waals surface area (Å²) in [4.78, 5) is 19.3. The Morgan fingerprint density at radius 2 is 2.13 bits per heavy atom. The van der Waals surface area contributed by atoms with Crippen molar-refractivity contribution in [2.75, 3.05) is 5.73 Å². The lowest BCUT2D eigenvalue weighted by atomic mass is 9.79. The molecule has 0 atom stereocenters. The lowest BCUT2D eigenvalue weighted by molar-refractivity contribution is 0.0696. The normalized spacial score (nSPS) is 13.3. The lowest BCUT2D eigenvalue weighted by Crippen LogP contribution is -2.13. The Hall–Kier alpha value is -3.99. The van der Waals surface area contributed by atoms with Crippen molar-refractivity contribution < 1.29 is 19.0 Å². The van der Waals surface area contributed by atoms with Crippen LogP contribution in [0.3, 0.4) is 0 Å². The molecule has 31 heavy (non-hydrogen) atoms. The monoisotopic (exact) mass is 418 g/mol. The van der Waals surface area contributed by atoms with E-state index >= 15 is 4.39 Å². The molecule has 3 N–H and O–H groups in total. The van der Waals surface area contributed by atoms with E-state index in [1.807, 2.05) is 6.07 Å². The fourth-order valence-corrected chi connectivity index (χ4v) is 3.57. The van der Waals surface area contributed by atoms with Crippen LogP contribution in [0.2, 0.25) is 0 Å². The van der Waals surface area contributed by atoms with Crippen LogP contribution >= 0.6 is 0 Å². The van der Waals surface area contributed by atoms with Gasteiger partial charge in [-0.3, -0.25) is 0 Å². The fourth-order valence-electron chi connectivity index (χ4n) is 3.57. The third-order valence-electron chi connectivity index (χ3n) is 5.38. The number of carbonyl (C=O) groups is 1. The number of anilines is 1. The molecule has 2 aromatic carbocycles. The molecule has 1 heterocycles. The molecule has 156 valence electrons. The first-order valence-electron chi connectivity index (χ1n) is 9.78. The maximum atomic E-state index is 15.6. The molecule has 3 aromatic rings. The van der Waals surface area contributed by atoms with Gasteiger partial charge >= 0.3 is 5.97 Å². The maximum absolute atomic E-state index is 15.6. The molecule has 0 bridgehead atoms. The highest BCUT2D eigenvalue weighted by Gasteiger charge is 2.27. The smallest absolute Gasteiger partial charge is 0.335 e. The van der Waals surface area contributed by atoms with Gasteiger partial charge in [-0.05, 0) is 42.5 Å². The summed E-state index contributed by atoms with van der Waals surface area (Å²) in [6.07, 6.45) is 4.22. The highest BCUT2D eigenvalue weighted by atomic mass is 19.1. The zero-order valence-electron chi connectivity index (χ0n) is 16.5. The van der Waals surface area contributed by atoms with Crippen molar-refractivity contribution in [3.63, 3.8) is 0 Å². The van der Waals surface area contributed by atoms with Gasteiger partial charge in [0.05, 0.1) is 11.8 Å². The van der Waals surface area contributed by atoms with Gasteiger partial charge in [0.25, 0.3) is 0 Å². The standard InChI is InChI=1S/C23H19FN4O3/c24-20-17(21-18(10-25)28-19(26)11-27-21)8-7-16(14-4-2-5-14)22(20)31-12-13-3-1-6-15(9-13)23(29)30/h1,3,6-9,11,14H,2,4-5,12H2,(H2,26,28)(H,29,30). The van der Waals surface area contributed by atoms with Crippen LogP contribution in [-0.4, -0.2) is 21.0 Å². The number of carboxylic acid groups (broad SMARTS) is 1. The number of carboxylic acids is 1. The summed E-state index contributed by atoms with van der Waals surface area (Å²) in [5, 5.41) is 18.5. The molecular weight excluding hydrogens is 399 g/mol. The first-order valence-corrected chi connectivity index (χ1v) is 9.78. The number of benzene rings is 2. The first kappa shape index (κ1) is 20.3. The molecule has 0 unspecified atom stereocenters. The number of hydrogen-bond acceptors (Lipinski definition) is 6. The summed E-state index contributed by atoms with van der Waals surface area (Å²) in [5.74, 6) is -1.32. The van der Waals surface area contributed by atoms with Gasteiger partial charge in [-0.2, -0.15) is 5.26 Å². The molecule has 1 aliphatic carbocycles. The minimum absolute atomic E-state index is 0.000261. The van der Waals surface area contributed by atoms with E-state index in [0.29, 0.717) is 5.56 Å². The van der Waals surface area contributed by atoms with Crippen LogP contribution in [0, 0.1) is 17.1 Å². The van der Waals surface area contributed by atoms with E-state index in [9.17, 15) is 15.2 Å². The van der Waals surface area contributed by atoms with Crippen LogP contribution in [0.25, 0.3) is 11.3 Å². The van der Waals surface area contributed by atoms with Gasteiger partial charge < -0.3 is 15.6 Å². The van der Waals surface area contributed by atoms with Crippen LogP contribution in [0.5, 0.6) is 5.75 Å². The van der Waals surface area contributed by atoms with E-state index < -0.39 is 11.8 Å². The lowest BCUT2D eigenvalue weighted by Gasteiger charge is -2.28. The predicted molar refractivity (Wildman–Crippen MR) is 111 cm³/mol. The second kappa shape index (κ2) is 8.40. The number of nitrogens with zero attached hydrogens (tertiary/aromatic N) is 3. The van der Waals surface area contributed by atoms with Crippen molar-refractivity contribution in [1.82, 2.24) is 9.97 Å². The minimum Gasteiger partial charge on any atom is -0.486 e. The Morgan fingerprint density at radius 1 is 1.32 bits per heavy atom. The van der Waals surface area contributed by atoms with E-state index in [-0.39, 0.29) is 46.6 Å². The van der Waals surface area contributed by atoms with Crippen LogP contribution in [0.4, 0.5) is 10.2 Å². The van der Waals surface area contributed by atoms with E-state index in [0.717, 1.165) is 24.8 Å². The maximum Gasteiger partial charge on any atom is 0.335 e. The van der Waals surface area contributed by atoms with Crippen LogP contribution < -0.4 is 10.5 Å². The first-order chi connectivity index (χ1) is 15.0. The van der Waals surface area contributed by atoms with Gasteiger partial charge in [0.1, 0.15) is 24.2 Å². The van der Waals surface area contributed by atoms with Crippen molar-refractivity contribution in [3.05, 3.63) is 70.8 Å². The molecule has 0 spiro atoms. The van der Waals surface area contributed by atoms with Gasteiger partial charge in [0.15, 0.2) is 17.3 Å². The van der Waals surface area contributed by atoms with Crippen molar-refractivity contribution in [2.24, 2.45) is 0 Å². The topological polar surface area (TPSA) is 122 Å². The Bertz CT molecular complexity index is 1200. The molecule has 1 fully saturated rings. The number of halogens is 1. The van der Waals surface area contributed by atoms with E-state index in [4.69, 9.17) is 10.5 Å². The Kier molecular flexibility index (Phi) is 5.50. The second-order valence-corrected chi connectivity index (χ2v) is 7.37. The van der Waals surface area contributed by atoms with Crippen molar-refractivity contribution >= 4 is 11.8 Å². The van der Waals surface area contributed by atoms with Gasteiger partial charge in [0.2, 0.25) is 0 Å². The molecule has 0 amide bonds. The number of aromatic nitrogens is 2. The summed E-state index contributed by atoms with van der Waals surface area (Å²) in [5.41, 5.74) is 7.20. The van der Waals surface area contributed by atoms with E-state index in [2.05, 4.69) is 9.97 Å². The zero-order chi connectivity index (χ0) is 22.0. The van der Waals surface area contributed by atoms with Gasteiger partial charge in [-0.25, -0.2) is 19.2 Å². The van der Waals surface area contributed by atoms with Crippen molar-refractivity contribution in [1.29, 1.82) is 5.26 Å². The molecule has 1 saturated carbocycles. The number of aromatic carboxylic acids is 1. The molecule has 1 aromatic heterocycles. The van der Waals surface area contributed by atoms with Crippen LogP contribution in [0.15, 0.2) is 42.6 Å². The largest absolute Gasteiger partial charge is 0.486 e. The van der Waals surface area contributed by atoms with Crippen molar-refractivity contribution in [3.8, 4) is 23.1 Å². The second-order valence-electron chi connectivity index (χ2n) is 7.37. The fraction of sp³-hybridized carbons (Fsp3) is 0.217. The van der Waals surface area contributed by atoms with Gasteiger partial charge in [-0.15, -0.1) is 0 Å². The summed E-state index contributed by atoms with van der Waals surface area (Å²) in [6, 6.07) is 11.6. The Labute approximate surface area is 178 Å². The quantitative estimate of drug-likeness (QED) is 0.612. The molecule has 0 saturated heterocycles. The third-order valence-corrected chi connectivity index (χ3v) is 5.38. The zero-order valence-corrected chi connectivity index (χ0v) is 16.5. The van der Waals surface area contributed by atoms with Crippen LogP contribution in [0.1, 0.15) is 52.4 Å². The number of ether oxygens (including phenoxy) is 1. The summed E-state index contributed by atoms with van der Waals surface area (Å²) >= 11 is 0. The average molecular weight is 418 g/mol. The number of nitrogens with two attached hydrogens (primary N) is 1. The minimum atomic E-state index is -1.05. The van der Waals surface area contributed by atoms with Gasteiger partial charge in [0, 0.05) is 11.1 Å². The van der Waals surface area contributed by atoms with Crippen LogP contribution in [-0.2, 0) is 6.61 Å². The molecule has 4 rings (SSSR count). The van der Waals surface area contributed by atoms with Crippen molar-refractivity contribution in [2.45, 2.75) is 31.8 Å². The summed E-state index contributed by atoms with van der Waals surface area (Å²) < 4.78 is 21.5. The highest BCUT2D eigenvalue weighted by molar-refractivity contribution is 5.87. The SMILES string of the molecule is N#Cc1nc(N)cnc1-c1ccc(C2CCC2)c(OCc2cccc(C(=O)O)c2)c1F. The highest BCUT2D eigenvalue weighted by Crippen LogP contribution is 2.44. The molecule has 1 aliphatic rings. The summed E-state index contributed by atoms with van der Waals surface area (Å²) in [7, 11) is 0. The van der Waals surface area contributed by atoms with E-state index in [1.54, 1.807) is 24.3 Å². The molecule has 0 radical (unpaired) electrons. The number of nitriles is 1. The number of nitrogen functional groups attached to an aromatic ring is 1. The molecule has 8 heteroatoms. The molecule has 0 aliphatic heterocycles. The average Bonchev–Trinajstić information content (AvgIpc) is 2.72. The number of rotatable bonds is 6. The van der Waals surface area contributed by atoms with Gasteiger partial charge in [-0.1, -0.05) is 24.6 Å².